The number of hydrogen-bond acceptors (Lipinski definition) is 3. The first-order chi connectivity index (χ1) is 13.3. The molecule has 2 aromatic rings. The topological polar surface area (TPSA) is 76.0 Å². The Balaban J connectivity index is 1.91. The molecule has 0 radical (unpaired) electrons. The maximum atomic E-state index is 12.0. The van der Waals surface area contributed by atoms with Gasteiger partial charge in [-0.25, -0.2) is 0 Å². The Bertz CT molecular complexity index is 938. The molecule has 6 nitrogen and oxygen atoms in total. The van der Waals surface area contributed by atoms with E-state index < -0.39 is 5.91 Å². The summed E-state index contributed by atoms with van der Waals surface area (Å²) >= 11 is 6.34. The first-order valence-corrected chi connectivity index (χ1v) is 9.23. The summed E-state index contributed by atoms with van der Waals surface area (Å²) in [5, 5.41) is 10.1. The molecule has 1 aromatic carbocycles. The van der Waals surface area contributed by atoms with E-state index >= 15 is 0 Å². The van der Waals surface area contributed by atoms with E-state index in [9.17, 15) is 9.59 Å². The fourth-order valence-corrected chi connectivity index (χ4v) is 2.81. The lowest BCUT2D eigenvalue weighted by Crippen LogP contribution is -2.31. The second kappa shape index (κ2) is 9.77. The van der Waals surface area contributed by atoms with E-state index in [0.29, 0.717) is 34.4 Å². The standard InChI is InChI=1S/C21H23ClN4O2/c1-5-16-7-6-8-17(11-16)24-20(28)12-23-19(27)10-9-18-15(4)25-26(21(18)22)13-14(2)3/h1,6-11,14H,12-13H2,2-4H3,(H,23,27)(H,24,28). The predicted molar refractivity (Wildman–Crippen MR) is 112 cm³/mol. The molecule has 0 bridgehead atoms. The van der Waals surface area contributed by atoms with Gasteiger partial charge < -0.3 is 10.6 Å². The minimum atomic E-state index is -0.403. The van der Waals surface area contributed by atoms with Gasteiger partial charge in [-0.2, -0.15) is 5.10 Å². The number of aromatic nitrogens is 2. The van der Waals surface area contributed by atoms with Crippen molar-refractivity contribution in [2.45, 2.75) is 27.3 Å². The van der Waals surface area contributed by atoms with Crippen molar-refractivity contribution in [3.8, 4) is 12.3 Å². The third-order valence-electron chi connectivity index (χ3n) is 3.78. The number of carbonyl (C=O) groups is 2. The quantitative estimate of drug-likeness (QED) is 0.555. The van der Waals surface area contributed by atoms with Crippen LogP contribution in [0.15, 0.2) is 30.3 Å². The SMILES string of the molecule is C#Cc1cccc(NC(=O)CNC(=O)C=Cc2c(C)nn(CC(C)C)c2Cl)c1. The van der Waals surface area contributed by atoms with Gasteiger partial charge in [-0.3, -0.25) is 14.3 Å². The Morgan fingerprint density at radius 2 is 2.14 bits per heavy atom. The van der Waals surface area contributed by atoms with Gasteiger partial charge in [-0.05, 0) is 37.1 Å². The molecular formula is C21H23ClN4O2. The maximum absolute atomic E-state index is 12.0. The number of anilines is 1. The number of terminal acetylenes is 1. The average molecular weight is 399 g/mol. The molecule has 0 spiro atoms. The molecule has 0 aliphatic rings. The number of nitrogens with one attached hydrogen (secondary N) is 2. The molecule has 0 aliphatic heterocycles. The Morgan fingerprint density at radius 1 is 1.39 bits per heavy atom. The maximum Gasteiger partial charge on any atom is 0.244 e. The summed E-state index contributed by atoms with van der Waals surface area (Å²) in [6, 6.07) is 6.91. The normalized spacial score (nSPS) is 10.9. The van der Waals surface area contributed by atoms with Gasteiger partial charge in [0.05, 0.1) is 12.2 Å². The fourth-order valence-electron chi connectivity index (χ4n) is 2.50. The van der Waals surface area contributed by atoms with E-state index in [1.54, 1.807) is 35.0 Å². The highest BCUT2D eigenvalue weighted by atomic mass is 35.5. The molecule has 28 heavy (non-hydrogen) atoms. The van der Waals surface area contributed by atoms with Crippen LogP contribution in [0.5, 0.6) is 0 Å². The second-order valence-electron chi connectivity index (χ2n) is 6.69. The summed E-state index contributed by atoms with van der Waals surface area (Å²) in [6.07, 6.45) is 8.27. The molecule has 0 saturated carbocycles. The summed E-state index contributed by atoms with van der Waals surface area (Å²) in [5.74, 6) is 2.14. The van der Waals surface area contributed by atoms with E-state index in [1.165, 1.54) is 6.08 Å². The summed E-state index contributed by atoms with van der Waals surface area (Å²) in [4.78, 5) is 24.0. The fraction of sp³-hybridized carbons (Fsp3) is 0.286. The number of benzene rings is 1. The van der Waals surface area contributed by atoms with Gasteiger partial charge in [0, 0.05) is 29.4 Å². The van der Waals surface area contributed by atoms with Crippen molar-refractivity contribution in [1.82, 2.24) is 15.1 Å². The molecule has 0 unspecified atom stereocenters. The van der Waals surface area contributed by atoms with Gasteiger partial charge in [0.2, 0.25) is 11.8 Å². The summed E-state index contributed by atoms with van der Waals surface area (Å²) in [6.45, 7) is 6.51. The summed E-state index contributed by atoms with van der Waals surface area (Å²) in [5.41, 5.74) is 2.66. The lowest BCUT2D eigenvalue weighted by molar-refractivity contribution is -0.121. The van der Waals surface area contributed by atoms with Gasteiger partial charge in [0.1, 0.15) is 5.15 Å². The van der Waals surface area contributed by atoms with Gasteiger partial charge in [0.25, 0.3) is 0 Å². The van der Waals surface area contributed by atoms with Crippen LogP contribution in [0.25, 0.3) is 6.08 Å². The van der Waals surface area contributed by atoms with Crippen LogP contribution in [-0.2, 0) is 16.1 Å². The van der Waals surface area contributed by atoms with Crippen LogP contribution in [0, 0.1) is 25.2 Å². The number of halogens is 1. The van der Waals surface area contributed by atoms with Crippen molar-refractivity contribution in [2.75, 3.05) is 11.9 Å². The molecule has 0 saturated heterocycles. The van der Waals surface area contributed by atoms with Crippen molar-refractivity contribution in [1.29, 1.82) is 0 Å². The van der Waals surface area contributed by atoms with Crippen molar-refractivity contribution in [3.63, 3.8) is 0 Å². The van der Waals surface area contributed by atoms with Crippen LogP contribution >= 0.6 is 11.6 Å². The zero-order valence-electron chi connectivity index (χ0n) is 16.1. The Kier molecular flexibility index (Phi) is 7.42. The van der Waals surface area contributed by atoms with E-state index in [1.807, 2.05) is 6.92 Å². The van der Waals surface area contributed by atoms with E-state index in [0.717, 1.165) is 5.69 Å². The van der Waals surface area contributed by atoms with E-state index in [4.69, 9.17) is 18.0 Å². The number of amides is 2. The molecule has 2 amide bonds. The first kappa shape index (κ1) is 21.3. The van der Waals surface area contributed by atoms with Crippen LogP contribution in [0.2, 0.25) is 5.15 Å². The molecule has 1 heterocycles. The molecule has 2 rings (SSSR count). The van der Waals surface area contributed by atoms with Gasteiger partial charge in [0.15, 0.2) is 0 Å². The summed E-state index contributed by atoms with van der Waals surface area (Å²) < 4.78 is 1.72. The third-order valence-corrected chi connectivity index (χ3v) is 4.18. The van der Waals surface area contributed by atoms with Gasteiger partial charge >= 0.3 is 0 Å². The molecule has 0 aliphatic carbocycles. The Hall–Kier alpha value is -3.04. The predicted octanol–water partition coefficient (Wildman–Crippen LogP) is 3.25. The molecular weight excluding hydrogens is 376 g/mol. The lowest BCUT2D eigenvalue weighted by atomic mass is 10.2. The zero-order chi connectivity index (χ0) is 20.7. The van der Waals surface area contributed by atoms with Crippen LogP contribution in [-0.4, -0.2) is 28.1 Å². The van der Waals surface area contributed by atoms with Crippen molar-refractivity contribution < 1.29 is 9.59 Å². The van der Waals surface area contributed by atoms with Crippen molar-refractivity contribution >= 4 is 35.2 Å². The van der Waals surface area contributed by atoms with Crippen LogP contribution in [0.1, 0.15) is 30.7 Å². The van der Waals surface area contributed by atoms with Crippen molar-refractivity contribution in [2.24, 2.45) is 5.92 Å². The van der Waals surface area contributed by atoms with Crippen molar-refractivity contribution in [3.05, 3.63) is 52.3 Å². The highest BCUT2D eigenvalue weighted by Gasteiger charge is 2.12. The van der Waals surface area contributed by atoms with Gasteiger partial charge in [-0.15, -0.1) is 6.42 Å². The molecule has 146 valence electrons. The monoisotopic (exact) mass is 398 g/mol. The van der Waals surface area contributed by atoms with E-state index in [-0.39, 0.29) is 12.5 Å². The number of aryl methyl sites for hydroxylation is 1. The lowest BCUT2D eigenvalue weighted by Gasteiger charge is -2.06. The smallest absolute Gasteiger partial charge is 0.244 e. The zero-order valence-corrected chi connectivity index (χ0v) is 16.9. The average Bonchev–Trinajstić information content (AvgIpc) is 2.91. The number of hydrogen-bond donors (Lipinski definition) is 2. The highest BCUT2D eigenvalue weighted by molar-refractivity contribution is 6.31. The second-order valence-corrected chi connectivity index (χ2v) is 7.05. The minimum Gasteiger partial charge on any atom is -0.343 e. The number of rotatable bonds is 7. The number of nitrogens with zero attached hydrogens (tertiary/aromatic N) is 2. The molecule has 0 fully saturated rings. The molecule has 0 atom stereocenters. The Labute approximate surface area is 170 Å². The van der Waals surface area contributed by atoms with E-state index in [2.05, 4.69) is 35.5 Å². The largest absolute Gasteiger partial charge is 0.343 e. The van der Waals surface area contributed by atoms with Crippen LogP contribution < -0.4 is 10.6 Å². The summed E-state index contributed by atoms with van der Waals surface area (Å²) in [7, 11) is 0. The minimum absolute atomic E-state index is 0.164. The molecule has 7 heteroatoms. The Morgan fingerprint density at radius 3 is 2.82 bits per heavy atom. The van der Waals surface area contributed by atoms with Gasteiger partial charge in [-0.1, -0.05) is 37.4 Å². The molecule has 2 N–H and O–H groups in total. The first-order valence-electron chi connectivity index (χ1n) is 8.85. The van der Waals surface area contributed by atoms with Crippen LogP contribution in [0.3, 0.4) is 0 Å². The highest BCUT2D eigenvalue weighted by Crippen LogP contribution is 2.22. The third kappa shape index (κ3) is 6.00. The van der Waals surface area contributed by atoms with Crippen LogP contribution in [0.4, 0.5) is 5.69 Å². The number of carbonyl (C=O) groups excluding carboxylic acids is 2. The molecule has 1 aromatic heterocycles.